The van der Waals surface area contributed by atoms with Crippen LogP contribution in [0.1, 0.15) is 0 Å². The molecule has 0 saturated carbocycles. The van der Waals surface area contributed by atoms with E-state index in [0.717, 1.165) is 38.5 Å². The summed E-state index contributed by atoms with van der Waals surface area (Å²) in [5.41, 5.74) is -2.65. The number of sulfonamides is 1. The number of ether oxygens (including phenoxy) is 2. The van der Waals surface area contributed by atoms with Crippen molar-refractivity contribution in [3.8, 4) is 22.6 Å². The second kappa shape index (κ2) is 8.42. The van der Waals surface area contributed by atoms with Crippen molar-refractivity contribution in [2.24, 2.45) is 0 Å². The molecule has 31 heavy (non-hydrogen) atoms. The molecule has 0 aliphatic rings. The van der Waals surface area contributed by atoms with Crippen LogP contribution in [0.2, 0.25) is 0 Å². The fourth-order valence-corrected chi connectivity index (χ4v) is 3.90. The van der Waals surface area contributed by atoms with Crippen molar-refractivity contribution in [2.45, 2.75) is 4.90 Å². The second-order valence-corrected chi connectivity index (χ2v) is 7.80. The van der Waals surface area contributed by atoms with Gasteiger partial charge in [-0.2, -0.15) is 4.39 Å². The number of hydrogen-bond donors (Lipinski definition) is 1. The van der Waals surface area contributed by atoms with Crippen molar-refractivity contribution in [1.82, 2.24) is 0 Å². The first-order valence-corrected chi connectivity index (χ1v) is 9.96. The summed E-state index contributed by atoms with van der Waals surface area (Å²) < 4.78 is 108. The molecule has 3 rings (SSSR count). The summed E-state index contributed by atoms with van der Waals surface area (Å²) in [5.74, 6) is -10.3. The molecule has 0 heterocycles. The van der Waals surface area contributed by atoms with E-state index >= 15 is 0 Å². The van der Waals surface area contributed by atoms with E-state index in [9.17, 15) is 30.4 Å². The predicted octanol–water partition coefficient (Wildman–Crippen LogP) is 4.87. The van der Waals surface area contributed by atoms with Gasteiger partial charge >= 0.3 is 0 Å². The molecule has 0 aliphatic carbocycles. The molecule has 0 radical (unpaired) electrons. The number of hydrogen-bond acceptors (Lipinski definition) is 4. The van der Waals surface area contributed by atoms with Gasteiger partial charge in [0, 0.05) is 5.56 Å². The summed E-state index contributed by atoms with van der Waals surface area (Å²) in [6, 6.07) is 8.26. The Morgan fingerprint density at radius 1 is 0.742 bits per heavy atom. The van der Waals surface area contributed by atoms with Crippen LogP contribution in [-0.2, 0) is 10.0 Å². The summed E-state index contributed by atoms with van der Waals surface area (Å²) in [4.78, 5) is -0.347. The van der Waals surface area contributed by atoms with Crippen LogP contribution in [0.5, 0.6) is 11.5 Å². The van der Waals surface area contributed by atoms with Gasteiger partial charge in [0.15, 0.2) is 34.8 Å². The Labute approximate surface area is 174 Å². The number of benzene rings is 3. The highest BCUT2D eigenvalue weighted by Crippen LogP contribution is 2.41. The van der Waals surface area contributed by atoms with E-state index in [1.54, 1.807) is 4.72 Å². The molecule has 0 spiro atoms. The van der Waals surface area contributed by atoms with Gasteiger partial charge in [0.25, 0.3) is 10.0 Å². The fraction of sp³-hybridized carbons (Fsp3) is 0.100. The minimum Gasteiger partial charge on any atom is -0.494 e. The van der Waals surface area contributed by atoms with Crippen LogP contribution >= 0.6 is 0 Å². The van der Waals surface area contributed by atoms with E-state index in [1.807, 2.05) is 0 Å². The number of halogens is 5. The normalized spacial score (nSPS) is 11.3. The summed E-state index contributed by atoms with van der Waals surface area (Å²) in [6.07, 6.45) is 0. The molecule has 0 bridgehead atoms. The lowest BCUT2D eigenvalue weighted by Gasteiger charge is -2.17. The lowest BCUT2D eigenvalue weighted by molar-refractivity contribution is 0.351. The zero-order valence-electron chi connectivity index (χ0n) is 16.0. The number of methoxy groups -OCH3 is 2. The third-order valence-electron chi connectivity index (χ3n) is 4.29. The smallest absolute Gasteiger partial charge is 0.262 e. The minimum absolute atomic E-state index is 0.347. The number of rotatable bonds is 6. The van der Waals surface area contributed by atoms with E-state index in [4.69, 9.17) is 9.47 Å². The summed E-state index contributed by atoms with van der Waals surface area (Å²) in [6.45, 7) is 0. The molecule has 5 nitrogen and oxygen atoms in total. The summed E-state index contributed by atoms with van der Waals surface area (Å²) in [5, 5.41) is 0. The second-order valence-electron chi connectivity index (χ2n) is 6.12. The highest BCUT2D eigenvalue weighted by Gasteiger charge is 2.30. The van der Waals surface area contributed by atoms with Gasteiger partial charge < -0.3 is 9.47 Å². The van der Waals surface area contributed by atoms with E-state index in [-0.39, 0.29) is 4.90 Å². The molecule has 1 N–H and O–H groups in total. The third-order valence-corrected chi connectivity index (χ3v) is 5.66. The zero-order chi connectivity index (χ0) is 22.9. The van der Waals surface area contributed by atoms with Crippen molar-refractivity contribution < 1.29 is 39.8 Å². The van der Waals surface area contributed by atoms with Crippen LogP contribution < -0.4 is 14.2 Å². The molecule has 0 saturated heterocycles. The van der Waals surface area contributed by atoms with Crippen LogP contribution in [0.4, 0.5) is 27.6 Å². The molecule has 0 aliphatic heterocycles. The van der Waals surface area contributed by atoms with Gasteiger partial charge in [0.2, 0.25) is 5.82 Å². The maximum absolute atomic E-state index is 14.7. The first-order valence-electron chi connectivity index (χ1n) is 8.48. The predicted molar refractivity (Wildman–Crippen MR) is 102 cm³/mol. The molecule has 3 aromatic rings. The largest absolute Gasteiger partial charge is 0.494 e. The Kier molecular flexibility index (Phi) is 6.07. The first kappa shape index (κ1) is 22.3. The van der Waals surface area contributed by atoms with Crippen molar-refractivity contribution in [1.29, 1.82) is 0 Å². The van der Waals surface area contributed by atoms with Crippen molar-refractivity contribution in [3.05, 3.63) is 71.6 Å². The van der Waals surface area contributed by atoms with Gasteiger partial charge in [-0.05, 0) is 29.8 Å². The fourth-order valence-electron chi connectivity index (χ4n) is 2.81. The molecule has 11 heteroatoms. The van der Waals surface area contributed by atoms with Gasteiger partial charge in [-0.15, -0.1) is 0 Å². The molecule has 0 amide bonds. The Morgan fingerprint density at radius 2 is 1.26 bits per heavy atom. The summed E-state index contributed by atoms with van der Waals surface area (Å²) in [7, 11) is -2.39. The Hall–Kier alpha value is -3.34. The summed E-state index contributed by atoms with van der Waals surface area (Å²) >= 11 is 0. The Morgan fingerprint density at radius 3 is 1.77 bits per heavy atom. The topological polar surface area (TPSA) is 64.6 Å². The zero-order valence-corrected chi connectivity index (χ0v) is 16.8. The van der Waals surface area contributed by atoms with Crippen LogP contribution in [0.3, 0.4) is 0 Å². The molecule has 3 aromatic carbocycles. The molecule has 0 fully saturated rings. The monoisotopic (exact) mass is 459 g/mol. The van der Waals surface area contributed by atoms with Gasteiger partial charge in [-0.3, -0.25) is 4.72 Å². The average Bonchev–Trinajstić information content (AvgIpc) is 2.77. The maximum atomic E-state index is 14.7. The maximum Gasteiger partial charge on any atom is 0.262 e. The standard InChI is InChI=1S/C20H14F5NO4S/c1-29-12-8-10(9-13(30-2)15(12)21)14-16(22)17(23)18(24)19(25)20(14)26-31(27,28)11-6-4-3-5-7-11/h3-9,26H,1-2H3. The molecule has 0 unspecified atom stereocenters. The molecule has 164 valence electrons. The SMILES string of the molecule is COc1cc(-c2c(F)c(F)c(F)c(F)c2NS(=O)(=O)c2ccccc2)cc(OC)c1F. The van der Waals surface area contributed by atoms with Gasteiger partial charge in [0.1, 0.15) is 0 Å². The van der Waals surface area contributed by atoms with E-state index in [0.29, 0.717) is 0 Å². The Balaban J connectivity index is 2.32. The number of anilines is 1. The molecular formula is C20H14F5NO4S. The van der Waals surface area contributed by atoms with Gasteiger partial charge in [-0.1, -0.05) is 18.2 Å². The molecule has 0 aromatic heterocycles. The van der Waals surface area contributed by atoms with E-state index in [1.165, 1.54) is 18.2 Å². The Bertz CT molecular complexity index is 1230. The minimum atomic E-state index is -4.53. The van der Waals surface area contributed by atoms with Crippen LogP contribution in [0.25, 0.3) is 11.1 Å². The van der Waals surface area contributed by atoms with Gasteiger partial charge in [-0.25, -0.2) is 26.0 Å². The highest BCUT2D eigenvalue weighted by atomic mass is 32.2. The third kappa shape index (κ3) is 4.00. The molecule has 0 atom stereocenters. The quantitative estimate of drug-likeness (QED) is 0.325. The first-order chi connectivity index (χ1) is 14.6. The average molecular weight is 459 g/mol. The van der Waals surface area contributed by atoms with Crippen LogP contribution in [0, 0.1) is 29.1 Å². The van der Waals surface area contributed by atoms with Crippen LogP contribution in [0.15, 0.2) is 47.4 Å². The lowest BCUT2D eigenvalue weighted by atomic mass is 10.0. The van der Waals surface area contributed by atoms with Crippen molar-refractivity contribution >= 4 is 15.7 Å². The van der Waals surface area contributed by atoms with Crippen molar-refractivity contribution in [2.75, 3.05) is 18.9 Å². The van der Waals surface area contributed by atoms with Gasteiger partial charge in [0.05, 0.1) is 24.8 Å². The molecular weight excluding hydrogens is 445 g/mol. The van der Waals surface area contributed by atoms with E-state index < -0.39 is 67.4 Å². The number of nitrogens with one attached hydrogen (secondary N) is 1. The van der Waals surface area contributed by atoms with Crippen LogP contribution in [-0.4, -0.2) is 22.6 Å². The van der Waals surface area contributed by atoms with E-state index in [2.05, 4.69) is 0 Å². The van der Waals surface area contributed by atoms with Crippen molar-refractivity contribution in [3.63, 3.8) is 0 Å². The lowest BCUT2D eigenvalue weighted by Crippen LogP contribution is -2.17. The highest BCUT2D eigenvalue weighted by molar-refractivity contribution is 7.92.